The molecular weight excluding hydrogens is 390 g/mol. The lowest BCUT2D eigenvalue weighted by molar-refractivity contribution is 0.496. The largest absolute Gasteiger partial charge is 0.310 e. The third kappa shape index (κ3) is 5.24. The lowest BCUT2D eigenvalue weighted by Crippen LogP contribution is -2.21. The van der Waals surface area contributed by atoms with E-state index in [1.165, 1.54) is 22.0 Å². The van der Waals surface area contributed by atoms with E-state index in [9.17, 15) is 0 Å². The quantitative estimate of drug-likeness (QED) is 0.600. The number of aryl methyl sites for hydroxylation is 1. The first-order valence-electron chi connectivity index (χ1n) is 7.43. The number of halogens is 2. The lowest BCUT2D eigenvalue weighted by Gasteiger charge is -2.20. The third-order valence-corrected chi connectivity index (χ3v) is 4.80. The molecule has 0 aliphatic rings. The van der Waals surface area contributed by atoms with Crippen LogP contribution in [-0.4, -0.2) is 6.54 Å². The van der Waals surface area contributed by atoms with Crippen molar-refractivity contribution >= 4 is 31.9 Å². The highest BCUT2D eigenvalue weighted by Gasteiger charge is 2.13. The summed E-state index contributed by atoms with van der Waals surface area (Å²) in [5, 5.41) is 3.60. The molecule has 0 saturated heterocycles. The molecule has 0 radical (unpaired) electrons. The Kier molecular flexibility index (Phi) is 6.94. The van der Waals surface area contributed by atoms with E-state index in [2.05, 4.69) is 92.6 Å². The summed E-state index contributed by atoms with van der Waals surface area (Å²) in [5.74, 6) is 0. The molecule has 2 rings (SSSR count). The van der Waals surface area contributed by atoms with Crippen LogP contribution in [0.1, 0.15) is 36.9 Å². The Morgan fingerprint density at radius 3 is 2.52 bits per heavy atom. The van der Waals surface area contributed by atoms with Crippen molar-refractivity contribution in [1.82, 2.24) is 5.32 Å². The van der Waals surface area contributed by atoms with E-state index in [0.29, 0.717) is 6.04 Å². The molecule has 1 atom stereocenters. The molecule has 112 valence electrons. The van der Waals surface area contributed by atoms with Gasteiger partial charge in [0, 0.05) is 15.0 Å². The van der Waals surface area contributed by atoms with E-state index in [4.69, 9.17) is 0 Å². The topological polar surface area (TPSA) is 12.0 Å². The standard InChI is InChI=1S/C18H21Br2N/c1-2-21-18(16-13-15(19)11-12-17(16)20)10-6-9-14-7-4-3-5-8-14/h3-5,7-8,11-13,18,21H,2,6,9-10H2,1H3. The normalized spacial score (nSPS) is 12.3. The second-order valence-corrected chi connectivity index (χ2v) is 6.92. The molecule has 0 spiro atoms. The van der Waals surface area contributed by atoms with Gasteiger partial charge in [-0.2, -0.15) is 0 Å². The van der Waals surface area contributed by atoms with Crippen LogP contribution < -0.4 is 5.32 Å². The molecule has 0 heterocycles. The Labute approximate surface area is 144 Å². The maximum atomic E-state index is 3.68. The van der Waals surface area contributed by atoms with Gasteiger partial charge < -0.3 is 5.32 Å². The smallest absolute Gasteiger partial charge is 0.0331 e. The van der Waals surface area contributed by atoms with Gasteiger partial charge in [-0.1, -0.05) is 69.1 Å². The Bertz CT molecular complexity index is 554. The Hall–Kier alpha value is -0.640. The minimum Gasteiger partial charge on any atom is -0.310 e. The van der Waals surface area contributed by atoms with Crippen molar-refractivity contribution in [1.29, 1.82) is 0 Å². The zero-order valence-electron chi connectivity index (χ0n) is 12.3. The number of rotatable bonds is 7. The number of hydrogen-bond donors (Lipinski definition) is 1. The fourth-order valence-corrected chi connectivity index (χ4v) is 3.45. The van der Waals surface area contributed by atoms with Crippen molar-refractivity contribution in [2.75, 3.05) is 6.54 Å². The SMILES string of the molecule is CCNC(CCCc1ccccc1)c1cc(Br)ccc1Br. The van der Waals surface area contributed by atoms with Crippen LogP contribution in [0, 0.1) is 0 Å². The maximum absolute atomic E-state index is 3.68. The highest BCUT2D eigenvalue weighted by molar-refractivity contribution is 9.11. The van der Waals surface area contributed by atoms with E-state index < -0.39 is 0 Å². The molecule has 3 heteroatoms. The molecule has 0 amide bonds. The molecule has 0 fully saturated rings. The number of nitrogens with one attached hydrogen (secondary N) is 1. The lowest BCUT2D eigenvalue weighted by atomic mass is 9.99. The molecule has 0 aliphatic heterocycles. The highest BCUT2D eigenvalue weighted by Crippen LogP contribution is 2.29. The van der Waals surface area contributed by atoms with Gasteiger partial charge in [-0.15, -0.1) is 0 Å². The summed E-state index contributed by atoms with van der Waals surface area (Å²) in [4.78, 5) is 0. The van der Waals surface area contributed by atoms with Crippen molar-refractivity contribution in [3.8, 4) is 0 Å². The van der Waals surface area contributed by atoms with E-state index in [0.717, 1.165) is 23.9 Å². The minimum absolute atomic E-state index is 0.394. The van der Waals surface area contributed by atoms with Crippen molar-refractivity contribution in [3.63, 3.8) is 0 Å². The second-order valence-electron chi connectivity index (χ2n) is 5.15. The molecule has 2 aromatic carbocycles. The monoisotopic (exact) mass is 409 g/mol. The summed E-state index contributed by atoms with van der Waals surface area (Å²) < 4.78 is 2.31. The average molecular weight is 411 g/mol. The zero-order valence-corrected chi connectivity index (χ0v) is 15.5. The van der Waals surface area contributed by atoms with Crippen LogP contribution in [-0.2, 0) is 6.42 Å². The van der Waals surface area contributed by atoms with Crippen LogP contribution in [0.4, 0.5) is 0 Å². The van der Waals surface area contributed by atoms with Crippen LogP contribution in [0.2, 0.25) is 0 Å². The van der Waals surface area contributed by atoms with Crippen molar-refractivity contribution < 1.29 is 0 Å². The van der Waals surface area contributed by atoms with E-state index >= 15 is 0 Å². The van der Waals surface area contributed by atoms with Gasteiger partial charge in [0.05, 0.1) is 0 Å². The third-order valence-electron chi connectivity index (χ3n) is 3.59. The van der Waals surface area contributed by atoms with Crippen LogP contribution in [0.25, 0.3) is 0 Å². The molecule has 0 aliphatic carbocycles. The van der Waals surface area contributed by atoms with E-state index in [-0.39, 0.29) is 0 Å². The Morgan fingerprint density at radius 2 is 1.81 bits per heavy atom. The van der Waals surface area contributed by atoms with Gasteiger partial charge in [0.2, 0.25) is 0 Å². The predicted molar refractivity (Wildman–Crippen MR) is 97.6 cm³/mol. The predicted octanol–water partition coefficient (Wildman–Crippen LogP) is 5.89. The summed E-state index contributed by atoms with van der Waals surface area (Å²) in [7, 11) is 0. The van der Waals surface area contributed by atoms with E-state index in [1.807, 2.05) is 0 Å². The van der Waals surface area contributed by atoms with Gasteiger partial charge in [0.1, 0.15) is 0 Å². The van der Waals surface area contributed by atoms with Gasteiger partial charge in [-0.3, -0.25) is 0 Å². The molecular formula is C18H21Br2N. The highest BCUT2D eigenvalue weighted by atomic mass is 79.9. The summed E-state index contributed by atoms with van der Waals surface area (Å²) in [5.41, 5.74) is 2.75. The molecule has 21 heavy (non-hydrogen) atoms. The van der Waals surface area contributed by atoms with Gasteiger partial charge >= 0.3 is 0 Å². The first kappa shape index (κ1) is 16.7. The maximum Gasteiger partial charge on any atom is 0.0331 e. The van der Waals surface area contributed by atoms with Gasteiger partial charge in [0.15, 0.2) is 0 Å². The Morgan fingerprint density at radius 1 is 1.05 bits per heavy atom. The van der Waals surface area contributed by atoms with E-state index in [1.54, 1.807) is 0 Å². The molecule has 1 unspecified atom stereocenters. The fraction of sp³-hybridized carbons (Fsp3) is 0.333. The fourth-order valence-electron chi connectivity index (χ4n) is 2.55. The minimum atomic E-state index is 0.394. The molecule has 2 aromatic rings. The molecule has 0 saturated carbocycles. The molecule has 0 bridgehead atoms. The zero-order chi connectivity index (χ0) is 15.1. The van der Waals surface area contributed by atoms with Crippen LogP contribution in [0.5, 0.6) is 0 Å². The van der Waals surface area contributed by atoms with Gasteiger partial charge in [-0.05, 0) is 55.1 Å². The van der Waals surface area contributed by atoms with Gasteiger partial charge in [0.25, 0.3) is 0 Å². The molecule has 0 aromatic heterocycles. The summed E-state index contributed by atoms with van der Waals surface area (Å²) in [6.07, 6.45) is 3.45. The van der Waals surface area contributed by atoms with Gasteiger partial charge in [-0.25, -0.2) is 0 Å². The first-order valence-corrected chi connectivity index (χ1v) is 9.01. The number of benzene rings is 2. The van der Waals surface area contributed by atoms with Crippen LogP contribution >= 0.6 is 31.9 Å². The van der Waals surface area contributed by atoms with Crippen molar-refractivity contribution in [2.24, 2.45) is 0 Å². The van der Waals surface area contributed by atoms with Crippen LogP contribution in [0.15, 0.2) is 57.5 Å². The second kappa shape index (κ2) is 8.72. The van der Waals surface area contributed by atoms with Crippen molar-refractivity contribution in [2.45, 2.75) is 32.2 Å². The molecule has 1 N–H and O–H groups in total. The average Bonchev–Trinajstić information content (AvgIpc) is 2.50. The summed E-state index contributed by atoms with van der Waals surface area (Å²) >= 11 is 7.25. The summed E-state index contributed by atoms with van der Waals surface area (Å²) in [6.45, 7) is 3.14. The van der Waals surface area contributed by atoms with Crippen LogP contribution in [0.3, 0.4) is 0 Å². The Balaban J connectivity index is 2.00. The van der Waals surface area contributed by atoms with Crippen molar-refractivity contribution in [3.05, 3.63) is 68.6 Å². The molecule has 1 nitrogen and oxygen atoms in total. The first-order chi connectivity index (χ1) is 10.2. The number of hydrogen-bond acceptors (Lipinski definition) is 1. The summed E-state index contributed by atoms with van der Waals surface area (Å²) in [6, 6.07) is 17.5.